The molecule has 0 saturated carbocycles. The van der Waals surface area contributed by atoms with Gasteiger partial charge in [-0.25, -0.2) is 4.98 Å². The Morgan fingerprint density at radius 3 is 2.93 bits per heavy atom. The smallest absolute Gasteiger partial charge is 0.216 e. The van der Waals surface area contributed by atoms with Crippen molar-refractivity contribution >= 4 is 12.4 Å². The summed E-state index contributed by atoms with van der Waals surface area (Å²) in [6.45, 7) is 2.29. The van der Waals surface area contributed by atoms with Gasteiger partial charge in [-0.2, -0.15) is 0 Å². The fraction of sp³-hybridized carbons (Fsp3) is 0.444. The number of aryl methyl sites for hydroxylation is 1. The van der Waals surface area contributed by atoms with Crippen LogP contribution in [0.15, 0.2) is 18.3 Å². The molecule has 4 nitrogen and oxygen atoms in total. The lowest BCUT2D eigenvalue weighted by molar-refractivity contribution is 0.111. The fourth-order valence-electron chi connectivity index (χ4n) is 0.865. The van der Waals surface area contributed by atoms with Gasteiger partial charge in [0.25, 0.3) is 0 Å². The zero-order valence-electron chi connectivity index (χ0n) is 8.01. The second-order valence-corrected chi connectivity index (χ2v) is 2.83. The van der Waals surface area contributed by atoms with Gasteiger partial charge in [-0.15, -0.1) is 12.4 Å². The zero-order chi connectivity index (χ0) is 9.68. The van der Waals surface area contributed by atoms with Crippen LogP contribution in [0.4, 0.5) is 0 Å². The van der Waals surface area contributed by atoms with Gasteiger partial charge in [0, 0.05) is 18.3 Å². The summed E-state index contributed by atoms with van der Waals surface area (Å²) < 4.78 is 5.25. The summed E-state index contributed by atoms with van der Waals surface area (Å²) >= 11 is 0. The molecule has 3 N–H and O–H groups in total. The molecule has 0 aliphatic rings. The van der Waals surface area contributed by atoms with Crippen LogP contribution in [-0.4, -0.2) is 29.3 Å². The lowest BCUT2D eigenvalue weighted by Gasteiger charge is -2.10. The zero-order valence-corrected chi connectivity index (χ0v) is 8.83. The molecule has 0 aliphatic heterocycles. The third kappa shape index (κ3) is 3.91. The third-order valence-corrected chi connectivity index (χ3v) is 1.65. The second-order valence-electron chi connectivity index (χ2n) is 2.83. The summed E-state index contributed by atoms with van der Waals surface area (Å²) in [6.07, 6.45) is 1.03. The van der Waals surface area contributed by atoms with Crippen LogP contribution in [0.2, 0.25) is 0 Å². The average molecular weight is 219 g/mol. The number of hydrogen-bond acceptors (Lipinski definition) is 4. The van der Waals surface area contributed by atoms with Gasteiger partial charge in [-0.1, -0.05) is 6.07 Å². The van der Waals surface area contributed by atoms with E-state index in [9.17, 15) is 0 Å². The van der Waals surface area contributed by atoms with Crippen LogP contribution in [0.1, 0.15) is 5.56 Å². The van der Waals surface area contributed by atoms with Crippen molar-refractivity contribution in [3.05, 3.63) is 23.9 Å². The topological polar surface area (TPSA) is 68.4 Å². The highest BCUT2D eigenvalue weighted by Gasteiger charge is 2.04. The minimum absolute atomic E-state index is 0. The molecule has 1 atom stereocenters. The quantitative estimate of drug-likeness (QED) is 0.773. The van der Waals surface area contributed by atoms with Crippen molar-refractivity contribution in [2.75, 3.05) is 13.2 Å². The van der Waals surface area contributed by atoms with Crippen molar-refractivity contribution in [1.29, 1.82) is 0 Å². The summed E-state index contributed by atoms with van der Waals surface area (Å²) in [6, 6.07) is 3.73. The van der Waals surface area contributed by atoms with E-state index in [1.165, 1.54) is 0 Å². The van der Waals surface area contributed by atoms with Crippen LogP contribution in [0.3, 0.4) is 0 Å². The molecule has 1 heterocycles. The highest BCUT2D eigenvalue weighted by atomic mass is 35.5. The number of ether oxygens (including phenoxy) is 1. The van der Waals surface area contributed by atoms with Crippen LogP contribution in [-0.2, 0) is 0 Å². The van der Waals surface area contributed by atoms with E-state index < -0.39 is 6.10 Å². The molecule has 0 radical (unpaired) electrons. The van der Waals surface area contributed by atoms with Crippen molar-refractivity contribution < 1.29 is 9.84 Å². The lowest BCUT2D eigenvalue weighted by Crippen LogP contribution is -2.26. The maximum atomic E-state index is 9.13. The first-order valence-electron chi connectivity index (χ1n) is 4.16. The first kappa shape index (κ1) is 13.2. The van der Waals surface area contributed by atoms with E-state index in [0.29, 0.717) is 5.88 Å². The van der Waals surface area contributed by atoms with Crippen LogP contribution < -0.4 is 10.5 Å². The number of aliphatic hydroxyl groups is 1. The van der Waals surface area contributed by atoms with Gasteiger partial charge in [-0.3, -0.25) is 0 Å². The van der Waals surface area contributed by atoms with Crippen molar-refractivity contribution in [2.45, 2.75) is 13.0 Å². The van der Waals surface area contributed by atoms with Crippen LogP contribution in [0.5, 0.6) is 5.88 Å². The van der Waals surface area contributed by atoms with E-state index in [1.54, 1.807) is 6.20 Å². The van der Waals surface area contributed by atoms with E-state index in [-0.39, 0.29) is 25.6 Å². The molecule has 1 aromatic rings. The minimum atomic E-state index is -0.624. The van der Waals surface area contributed by atoms with Crippen LogP contribution in [0, 0.1) is 6.92 Å². The van der Waals surface area contributed by atoms with Gasteiger partial charge in [0.15, 0.2) is 0 Å². The van der Waals surface area contributed by atoms with Gasteiger partial charge in [-0.05, 0) is 13.0 Å². The van der Waals surface area contributed by atoms with Crippen molar-refractivity contribution in [3.8, 4) is 5.88 Å². The molecule has 1 unspecified atom stereocenters. The molecule has 0 amide bonds. The largest absolute Gasteiger partial charge is 0.475 e. The summed E-state index contributed by atoms with van der Waals surface area (Å²) in [5.41, 5.74) is 6.17. The van der Waals surface area contributed by atoms with Crippen LogP contribution >= 0.6 is 12.4 Å². The van der Waals surface area contributed by atoms with E-state index in [2.05, 4.69) is 4.98 Å². The number of nitrogens with zero attached hydrogens (tertiary/aromatic N) is 1. The third-order valence-electron chi connectivity index (χ3n) is 1.65. The Balaban J connectivity index is 0.00000169. The van der Waals surface area contributed by atoms with Gasteiger partial charge in [0.1, 0.15) is 12.7 Å². The highest BCUT2D eigenvalue weighted by Crippen LogP contribution is 2.11. The average Bonchev–Trinajstić information content (AvgIpc) is 2.16. The molecule has 0 saturated heterocycles. The Labute approximate surface area is 89.5 Å². The van der Waals surface area contributed by atoms with Crippen molar-refractivity contribution in [3.63, 3.8) is 0 Å². The van der Waals surface area contributed by atoms with E-state index in [1.807, 2.05) is 19.1 Å². The monoisotopic (exact) mass is 218 g/mol. The number of aliphatic hydroxyl groups excluding tert-OH is 1. The second kappa shape index (κ2) is 6.59. The van der Waals surface area contributed by atoms with Crippen molar-refractivity contribution in [2.24, 2.45) is 5.73 Å². The Hall–Kier alpha value is -0.840. The van der Waals surface area contributed by atoms with Crippen LogP contribution in [0.25, 0.3) is 0 Å². The Morgan fingerprint density at radius 1 is 1.64 bits per heavy atom. The molecular weight excluding hydrogens is 204 g/mol. The van der Waals surface area contributed by atoms with E-state index in [4.69, 9.17) is 15.6 Å². The summed E-state index contributed by atoms with van der Waals surface area (Å²) in [7, 11) is 0. The molecule has 5 heteroatoms. The predicted octanol–water partition coefficient (Wildman–Crippen LogP) is 0.510. The lowest BCUT2D eigenvalue weighted by atomic mass is 10.3. The standard InChI is InChI=1S/C9H14N2O2.ClH/c1-7-3-2-4-11-9(7)13-6-8(12)5-10;/h2-4,8,12H,5-6,10H2,1H3;1H. The number of rotatable bonds is 4. The van der Waals surface area contributed by atoms with Gasteiger partial charge in [0.05, 0.1) is 0 Å². The Morgan fingerprint density at radius 2 is 2.36 bits per heavy atom. The van der Waals surface area contributed by atoms with Crippen molar-refractivity contribution in [1.82, 2.24) is 4.98 Å². The number of nitrogens with two attached hydrogens (primary N) is 1. The number of pyridine rings is 1. The molecule has 14 heavy (non-hydrogen) atoms. The first-order valence-corrected chi connectivity index (χ1v) is 4.16. The number of aromatic nitrogens is 1. The maximum Gasteiger partial charge on any atom is 0.216 e. The molecule has 0 aliphatic carbocycles. The number of halogens is 1. The first-order chi connectivity index (χ1) is 6.24. The maximum absolute atomic E-state index is 9.13. The summed E-state index contributed by atoms with van der Waals surface area (Å²) in [5, 5.41) is 9.13. The van der Waals surface area contributed by atoms with Gasteiger partial charge >= 0.3 is 0 Å². The van der Waals surface area contributed by atoms with Gasteiger partial charge < -0.3 is 15.6 Å². The summed E-state index contributed by atoms with van der Waals surface area (Å²) in [4.78, 5) is 4.01. The SMILES string of the molecule is Cc1cccnc1OCC(O)CN.Cl. The van der Waals surface area contributed by atoms with Gasteiger partial charge in [0.2, 0.25) is 5.88 Å². The molecular formula is C9H15ClN2O2. The molecule has 0 spiro atoms. The molecule has 1 rings (SSSR count). The highest BCUT2D eigenvalue weighted by molar-refractivity contribution is 5.85. The summed E-state index contributed by atoms with van der Waals surface area (Å²) in [5.74, 6) is 0.551. The molecule has 0 aromatic carbocycles. The van der Waals surface area contributed by atoms with E-state index >= 15 is 0 Å². The Bertz CT molecular complexity index is 271. The molecule has 1 aromatic heterocycles. The molecule has 80 valence electrons. The predicted molar refractivity (Wildman–Crippen MR) is 56.8 cm³/mol. The molecule has 0 fully saturated rings. The minimum Gasteiger partial charge on any atom is -0.475 e. The molecule has 0 bridgehead atoms. The Kier molecular flexibility index (Phi) is 6.19. The fourth-order valence-corrected chi connectivity index (χ4v) is 0.865. The normalized spacial score (nSPS) is 11.6. The number of hydrogen-bond donors (Lipinski definition) is 2. The van der Waals surface area contributed by atoms with E-state index in [0.717, 1.165) is 5.56 Å².